The van der Waals surface area contributed by atoms with E-state index in [1.54, 1.807) is 13.4 Å². The van der Waals surface area contributed by atoms with Crippen LogP contribution >= 0.6 is 0 Å². The normalized spacial score (nSPS) is 19.6. The van der Waals surface area contributed by atoms with E-state index in [-0.39, 0.29) is 12.2 Å². The number of unbranched alkanes of at least 4 members (excludes halogenated alkanes) is 5. The van der Waals surface area contributed by atoms with Crippen LogP contribution in [0, 0.1) is 0 Å². The number of nitrogens with zero attached hydrogens (tertiary/aromatic N) is 3. The van der Waals surface area contributed by atoms with Crippen molar-refractivity contribution in [2.24, 2.45) is 12.0 Å². The Morgan fingerprint density at radius 1 is 1.18 bits per heavy atom. The van der Waals surface area contributed by atoms with Gasteiger partial charge in [0.25, 0.3) is 0 Å². The van der Waals surface area contributed by atoms with Crippen LogP contribution in [0.4, 0.5) is 11.5 Å². The van der Waals surface area contributed by atoms with Crippen molar-refractivity contribution in [1.29, 1.82) is 0 Å². The molecule has 0 aliphatic carbocycles. The average molecular weight is 309 g/mol. The van der Waals surface area contributed by atoms with E-state index >= 15 is 0 Å². The van der Waals surface area contributed by atoms with Gasteiger partial charge >= 0.3 is 11.2 Å². The summed E-state index contributed by atoms with van der Waals surface area (Å²) in [4.78, 5) is 30.4. The minimum atomic E-state index is -0.432. The van der Waals surface area contributed by atoms with Gasteiger partial charge in [0.1, 0.15) is 0 Å². The highest BCUT2D eigenvalue weighted by molar-refractivity contribution is 5.86. The molecule has 122 valence electrons. The van der Waals surface area contributed by atoms with Gasteiger partial charge in [0.15, 0.2) is 6.34 Å². The van der Waals surface area contributed by atoms with Crippen LogP contribution in [0.5, 0.6) is 0 Å². The molecule has 0 fully saturated rings. The van der Waals surface area contributed by atoms with Crippen LogP contribution in [0.15, 0.2) is 14.6 Å². The number of aromatic nitrogens is 2. The first kappa shape index (κ1) is 16.6. The summed E-state index contributed by atoms with van der Waals surface area (Å²) < 4.78 is 1.72. The molecule has 0 radical (unpaired) electrons. The number of nitrogens with one attached hydrogen (secondary N) is 1. The van der Waals surface area contributed by atoms with Gasteiger partial charge in [-0.1, -0.05) is 19.3 Å². The number of aliphatic imine (C=N–C) groups is 1. The summed E-state index contributed by atoms with van der Waals surface area (Å²) in [6.45, 7) is 1.06. The van der Waals surface area contributed by atoms with E-state index in [1.807, 2.05) is 7.05 Å². The highest BCUT2D eigenvalue weighted by Gasteiger charge is 2.36. The van der Waals surface area contributed by atoms with E-state index in [0.29, 0.717) is 16.0 Å². The molecule has 7 heteroatoms. The Labute approximate surface area is 129 Å². The molecule has 2 heterocycles. The lowest BCUT2D eigenvalue weighted by Gasteiger charge is -2.24. The summed E-state index contributed by atoms with van der Waals surface area (Å²) in [5.41, 5.74) is -0.235. The fraction of sp³-hybridized carbons (Fsp3) is 0.667. The second-order valence-electron chi connectivity index (χ2n) is 6.07. The molecule has 0 amide bonds. The first-order valence-electron chi connectivity index (χ1n) is 7.85. The number of aliphatic hydroxyl groups is 1. The van der Waals surface area contributed by atoms with Crippen molar-refractivity contribution in [2.45, 2.75) is 38.5 Å². The molecule has 1 aromatic rings. The number of quaternary nitrogens is 1. The molecule has 0 spiro atoms. The number of aromatic amines is 1. The van der Waals surface area contributed by atoms with Gasteiger partial charge in [0.2, 0.25) is 11.5 Å². The van der Waals surface area contributed by atoms with Crippen molar-refractivity contribution >= 4 is 17.8 Å². The SMILES string of the molecule is Cn1c2c(c(=O)[nH]c1=O)[N+](C)(CCCCCCCCO)C=N2. The molecule has 7 nitrogen and oxygen atoms in total. The molecular weight excluding hydrogens is 284 g/mol. The number of hydrogen-bond acceptors (Lipinski definition) is 4. The van der Waals surface area contributed by atoms with E-state index in [9.17, 15) is 9.59 Å². The number of fused-ring (bicyclic) bond motifs is 1. The molecule has 0 saturated carbocycles. The molecule has 2 rings (SSSR count). The lowest BCUT2D eigenvalue weighted by molar-refractivity contribution is 0.282. The molecule has 1 aromatic heterocycles. The molecular formula is C15H25N4O3+. The van der Waals surface area contributed by atoms with Gasteiger partial charge in [-0.15, -0.1) is 0 Å². The van der Waals surface area contributed by atoms with Crippen LogP contribution in [-0.2, 0) is 7.05 Å². The molecule has 22 heavy (non-hydrogen) atoms. The molecule has 1 aliphatic heterocycles. The van der Waals surface area contributed by atoms with Crippen LogP contribution in [-0.4, -0.2) is 41.2 Å². The Bertz CT molecular complexity index is 662. The van der Waals surface area contributed by atoms with Crippen molar-refractivity contribution in [3.05, 3.63) is 20.8 Å². The summed E-state index contributed by atoms with van der Waals surface area (Å²) in [7, 11) is 3.56. The van der Waals surface area contributed by atoms with E-state index < -0.39 is 5.69 Å². The van der Waals surface area contributed by atoms with E-state index in [2.05, 4.69) is 9.98 Å². The Morgan fingerprint density at radius 2 is 1.82 bits per heavy atom. The van der Waals surface area contributed by atoms with E-state index in [4.69, 9.17) is 5.11 Å². The molecule has 0 saturated heterocycles. The van der Waals surface area contributed by atoms with Crippen molar-refractivity contribution < 1.29 is 5.11 Å². The van der Waals surface area contributed by atoms with E-state index in [0.717, 1.165) is 45.1 Å². The zero-order chi connectivity index (χ0) is 16.2. The van der Waals surface area contributed by atoms with Gasteiger partial charge in [0.05, 0.1) is 13.6 Å². The molecule has 1 unspecified atom stereocenters. The molecule has 1 aliphatic rings. The van der Waals surface area contributed by atoms with Crippen LogP contribution < -0.4 is 15.7 Å². The summed E-state index contributed by atoms with van der Waals surface area (Å²) in [5, 5.41) is 8.73. The Morgan fingerprint density at radius 3 is 2.50 bits per heavy atom. The third-order valence-corrected chi connectivity index (χ3v) is 4.25. The predicted molar refractivity (Wildman–Crippen MR) is 87.8 cm³/mol. The third kappa shape index (κ3) is 3.36. The fourth-order valence-electron chi connectivity index (χ4n) is 2.87. The predicted octanol–water partition coefficient (Wildman–Crippen LogP) is 1.02. The van der Waals surface area contributed by atoms with Crippen LogP contribution in [0.25, 0.3) is 0 Å². The second kappa shape index (κ2) is 7.02. The minimum absolute atomic E-state index is 0.268. The van der Waals surface area contributed by atoms with Crippen molar-refractivity contribution in [2.75, 3.05) is 20.2 Å². The Kier molecular flexibility index (Phi) is 5.31. The van der Waals surface area contributed by atoms with Crippen LogP contribution in [0.2, 0.25) is 0 Å². The summed E-state index contributed by atoms with van der Waals surface area (Å²) in [6.07, 6.45) is 8.02. The lowest BCUT2D eigenvalue weighted by Crippen LogP contribution is -2.47. The highest BCUT2D eigenvalue weighted by Crippen LogP contribution is 2.31. The Hall–Kier alpha value is -1.73. The van der Waals surface area contributed by atoms with Gasteiger partial charge in [-0.05, 0) is 19.3 Å². The zero-order valence-corrected chi connectivity index (χ0v) is 13.3. The smallest absolute Gasteiger partial charge is 0.330 e. The minimum Gasteiger partial charge on any atom is -0.396 e. The van der Waals surface area contributed by atoms with Gasteiger partial charge in [0, 0.05) is 13.7 Å². The maximum absolute atomic E-state index is 12.1. The second-order valence-corrected chi connectivity index (χ2v) is 6.07. The zero-order valence-electron chi connectivity index (χ0n) is 13.3. The maximum atomic E-state index is 12.1. The summed E-state index contributed by atoms with van der Waals surface area (Å²) in [5.74, 6) is 0.458. The lowest BCUT2D eigenvalue weighted by atomic mass is 10.1. The Balaban J connectivity index is 1.98. The number of aliphatic hydroxyl groups excluding tert-OH is 1. The number of H-pyrrole nitrogens is 1. The molecule has 0 bridgehead atoms. The summed E-state index contributed by atoms with van der Waals surface area (Å²) >= 11 is 0. The largest absolute Gasteiger partial charge is 0.396 e. The number of hydrogen-bond donors (Lipinski definition) is 2. The van der Waals surface area contributed by atoms with Gasteiger partial charge in [-0.25, -0.2) is 9.28 Å². The number of rotatable bonds is 8. The third-order valence-electron chi connectivity index (χ3n) is 4.25. The molecule has 1 atom stereocenters. The molecule has 0 aromatic carbocycles. The first-order valence-corrected chi connectivity index (χ1v) is 7.85. The summed E-state index contributed by atoms with van der Waals surface area (Å²) in [6, 6.07) is 0. The highest BCUT2D eigenvalue weighted by atomic mass is 16.3. The van der Waals surface area contributed by atoms with Gasteiger partial charge in [-0.3, -0.25) is 14.3 Å². The van der Waals surface area contributed by atoms with E-state index in [1.165, 1.54) is 4.57 Å². The quantitative estimate of drug-likeness (QED) is 0.555. The maximum Gasteiger partial charge on any atom is 0.330 e. The topological polar surface area (TPSA) is 87.5 Å². The van der Waals surface area contributed by atoms with Crippen LogP contribution in [0.1, 0.15) is 38.5 Å². The fourth-order valence-corrected chi connectivity index (χ4v) is 2.87. The first-order chi connectivity index (χ1) is 10.5. The van der Waals surface area contributed by atoms with Crippen LogP contribution in [0.3, 0.4) is 0 Å². The van der Waals surface area contributed by atoms with Crippen molar-refractivity contribution in [1.82, 2.24) is 14.0 Å². The van der Waals surface area contributed by atoms with Crippen molar-refractivity contribution in [3.63, 3.8) is 0 Å². The van der Waals surface area contributed by atoms with Gasteiger partial charge in [-0.2, -0.15) is 4.99 Å². The van der Waals surface area contributed by atoms with Gasteiger partial charge < -0.3 is 5.11 Å². The monoisotopic (exact) mass is 309 g/mol. The standard InChI is InChI=1S/C15H24N4O3/c1-18-13-12(14(21)17-15(18)22)19(2,11-16-13)9-7-5-3-4-6-8-10-20/h11,20H,3-10H2,1-2H3/p+1. The average Bonchev–Trinajstić information content (AvgIpc) is 2.83. The molecule has 2 N–H and O–H groups in total. The van der Waals surface area contributed by atoms with Crippen molar-refractivity contribution in [3.8, 4) is 0 Å².